The van der Waals surface area contributed by atoms with Crippen molar-refractivity contribution in [1.82, 2.24) is 14.4 Å². The van der Waals surface area contributed by atoms with Crippen LogP contribution in [0.1, 0.15) is 16.1 Å². The van der Waals surface area contributed by atoms with E-state index in [-0.39, 0.29) is 11.7 Å². The van der Waals surface area contributed by atoms with Gasteiger partial charge in [0.2, 0.25) is 0 Å². The number of hydrogen-bond acceptors (Lipinski definition) is 2. The predicted octanol–water partition coefficient (Wildman–Crippen LogP) is 2.12. The minimum Gasteiger partial charge on any atom is -0.353 e. The first-order chi connectivity index (χ1) is 10.6. The van der Waals surface area contributed by atoms with Crippen LogP contribution in [0.2, 0.25) is 0 Å². The molecule has 0 unspecified atom stereocenters. The van der Waals surface area contributed by atoms with Crippen molar-refractivity contribution in [3.8, 4) is 0 Å². The maximum Gasteiger partial charge on any atom is 0.254 e. The van der Waals surface area contributed by atoms with E-state index in [0.29, 0.717) is 18.7 Å². The average molecular weight is 301 g/mol. The molecule has 1 saturated heterocycles. The Morgan fingerprint density at radius 3 is 2.55 bits per heavy atom. The molecular formula is C17H20FN3O. The summed E-state index contributed by atoms with van der Waals surface area (Å²) in [6.45, 7) is 3.93. The van der Waals surface area contributed by atoms with Gasteiger partial charge in [0.25, 0.3) is 5.91 Å². The lowest BCUT2D eigenvalue weighted by molar-refractivity contribution is 0.0625. The molecule has 0 N–H and O–H groups in total. The zero-order chi connectivity index (χ0) is 15.5. The van der Waals surface area contributed by atoms with Gasteiger partial charge in [0.05, 0.1) is 0 Å². The molecule has 4 nitrogen and oxygen atoms in total. The molecule has 3 rings (SSSR count). The molecule has 0 bridgehead atoms. The van der Waals surface area contributed by atoms with Crippen LogP contribution in [0.3, 0.4) is 0 Å². The number of halogens is 1. The van der Waals surface area contributed by atoms with Gasteiger partial charge in [-0.1, -0.05) is 6.07 Å². The SMILES string of the molecule is Cn1cccc1CN1CCN(C(=O)c2cccc(F)c2)CC1. The van der Waals surface area contributed by atoms with E-state index in [9.17, 15) is 9.18 Å². The van der Waals surface area contributed by atoms with E-state index >= 15 is 0 Å². The first kappa shape index (κ1) is 14.8. The van der Waals surface area contributed by atoms with E-state index in [1.165, 1.54) is 17.8 Å². The number of amides is 1. The monoisotopic (exact) mass is 301 g/mol. The van der Waals surface area contributed by atoms with Crippen molar-refractivity contribution in [3.05, 3.63) is 59.7 Å². The first-order valence-electron chi connectivity index (χ1n) is 7.51. The van der Waals surface area contributed by atoms with Crippen molar-refractivity contribution < 1.29 is 9.18 Å². The highest BCUT2D eigenvalue weighted by Crippen LogP contribution is 2.12. The van der Waals surface area contributed by atoms with Gasteiger partial charge >= 0.3 is 0 Å². The lowest BCUT2D eigenvalue weighted by Crippen LogP contribution is -2.48. The average Bonchev–Trinajstić information content (AvgIpc) is 2.92. The molecule has 1 fully saturated rings. The fourth-order valence-electron chi connectivity index (χ4n) is 2.80. The molecule has 1 aromatic carbocycles. The van der Waals surface area contributed by atoms with Crippen LogP contribution in [0.5, 0.6) is 0 Å². The van der Waals surface area contributed by atoms with Gasteiger partial charge in [-0.3, -0.25) is 9.69 Å². The zero-order valence-corrected chi connectivity index (χ0v) is 12.7. The summed E-state index contributed by atoms with van der Waals surface area (Å²) >= 11 is 0. The maximum absolute atomic E-state index is 13.2. The summed E-state index contributed by atoms with van der Waals surface area (Å²) < 4.78 is 15.3. The topological polar surface area (TPSA) is 28.5 Å². The molecule has 1 aliphatic heterocycles. The van der Waals surface area contributed by atoms with E-state index in [0.717, 1.165) is 19.6 Å². The molecule has 1 amide bonds. The van der Waals surface area contributed by atoms with Gasteiger partial charge in [-0.25, -0.2) is 4.39 Å². The Balaban J connectivity index is 1.57. The van der Waals surface area contributed by atoms with Crippen LogP contribution in [0.15, 0.2) is 42.6 Å². The quantitative estimate of drug-likeness (QED) is 0.869. The second-order valence-electron chi connectivity index (χ2n) is 5.69. The summed E-state index contributed by atoms with van der Waals surface area (Å²) in [5.41, 5.74) is 1.70. The lowest BCUT2D eigenvalue weighted by Gasteiger charge is -2.34. The molecule has 0 aliphatic carbocycles. The number of hydrogen-bond donors (Lipinski definition) is 0. The molecule has 1 aromatic heterocycles. The molecule has 22 heavy (non-hydrogen) atoms. The largest absolute Gasteiger partial charge is 0.353 e. The summed E-state index contributed by atoms with van der Waals surface area (Å²) in [4.78, 5) is 16.5. The fraction of sp³-hybridized carbons (Fsp3) is 0.353. The summed E-state index contributed by atoms with van der Waals surface area (Å²) in [5.74, 6) is -0.453. The first-order valence-corrected chi connectivity index (χ1v) is 7.51. The minimum absolute atomic E-state index is 0.0852. The van der Waals surface area contributed by atoms with Crippen LogP contribution in [0.25, 0.3) is 0 Å². The molecule has 116 valence electrons. The van der Waals surface area contributed by atoms with Crippen LogP contribution in [0, 0.1) is 5.82 Å². The zero-order valence-electron chi connectivity index (χ0n) is 12.7. The van der Waals surface area contributed by atoms with Gasteiger partial charge in [0.15, 0.2) is 0 Å². The number of piperazine rings is 1. The smallest absolute Gasteiger partial charge is 0.254 e. The van der Waals surface area contributed by atoms with E-state index in [4.69, 9.17) is 0 Å². The molecule has 0 saturated carbocycles. The normalized spacial score (nSPS) is 16.0. The number of benzene rings is 1. The number of carbonyl (C=O) groups excluding carboxylic acids is 1. The second kappa shape index (κ2) is 6.32. The third kappa shape index (κ3) is 3.20. The molecule has 0 radical (unpaired) electrons. The van der Waals surface area contributed by atoms with E-state index < -0.39 is 0 Å². The van der Waals surface area contributed by atoms with Crippen LogP contribution in [-0.4, -0.2) is 46.5 Å². The number of rotatable bonds is 3. The lowest BCUT2D eigenvalue weighted by atomic mass is 10.1. The van der Waals surface area contributed by atoms with Crippen molar-refractivity contribution in [1.29, 1.82) is 0 Å². The van der Waals surface area contributed by atoms with Gasteiger partial charge in [-0.2, -0.15) is 0 Å². The Bertz CT molecular complexity index is 659. The van der Waals surface area contributed by atoms with E-state index in [1.807, 2.05) is 19.3 Å². The van der Waals surface area contributed by atoms with Crippen LogP contribution >= 0.6 is 0 Å². The van der Waals surface area contributed by atoms with Crippen LogP contribution in [0.4, 0.5) is 4.39 Å². The number of aromatic nitrogens is 1. The summed E-state index contributed by atoms with van der Waals surface area (Å²) in [6, 6.07) is 10.1. The Hall–Kier alpha value is -2.14. The van der Waals surface area contributed by atoms with E-state index in [1.54, 1.807) is 17.0 Å². The molecule has 0 atom stereocenters. The standard InChI is InChI=1S/C17H20FN3O/c1-19-7-3-6-16(19)13-20-8-10-21(11-9-20)17(22)14-4-2-5-15(18)12-14/h2-7,12H,8-11,13H2,1H3. The molecule has 5 heteroatoms. The number of aryl methyl sites for hydroxylation is 1. The third-order valence-corrected chi connectivity index (χ3v) is 4.17. The van der Waals surface area contributed by atoms with Gasteiger partial charge in [0, 0.05) is 57.2 Å². The number of carbonyl (C=O) groups is 1. The highest BCUT2D eigenvalue weighted by molar-refractivity contribution is 5.94. The van der Waals surface area contributed by atoms with Crippen LogP contribution in [-0.2, 0) is 13.6 Å². The van der Waals surface area contributed by atoms with Gasteiger partial charge in [-0.05, 0) is 30.3 Å². The summed E-state index contributed by atoms with van der Waals surface area (Å²) in [5, 5.41) is 0. The fourth-order valence-corrected chi connectivity index (χ4v) is 2.80. The highest BCUT2D eigenvalue weighted by Gasteiger charge is 2.22. The summed E-state index contributed by atoms with van der Waals surface area (Å²) in [7, 11) is 2.04. The Morgan fingerprint density at radius 1 is 1.14 bits per heavy atom. The molecule has 2 aromatic rings. The predicted molar refractivity (Wildman–Crippen MR) is 83.0 cm³/mol. The molecule has 2 heterocycles. The third-order valence-electron chi connectivity index (χ3n) is 4.17. The van der Waals surface area contributed by atoms with Crippen molar-refractivity contribution >= 4 is 5.91 Å². The molecule has 1 aliphatic rings. The Labute approximate surface area is 129 Å². The molecular weight excluding hydrogens is 281 g/mol. The van der Waals surface area contributed by atoms with Crippen molar-refractivity contribution in [2.75, 3.05) is 26.2 Å². The van der Waals surface area contributed by atoms with Gasteiger partial charge < -0.3 is 9.47 Å². The highest BCUT2D eigenvalue weighted by atomic mass is 19.1. The van der Waals surface area contributed by atoms with Crippen molar-refractivity contribution in [2.45, 2.75) is 6.54 Å². The molecule has 0 spiro atoms. The van der Waals surface area contributed by atoms with Crippen LogP contribution < -0.4 is 0 Å². The van der Waals surface area contributed by atoms with Gasteiger partial charge in [0.1, 0.15) is 5.82 Å². The van der Waals surface area contributed by atoms with E-state index in [2.05, 4.69) is 15.5 Å². The minimum atomic E-state index is -0.367. The number of nitrogens with zero attached hydrogens (tertiary/aromatic N) is 3. The van der Waals surface area contributed by atoms with Crippen molar-refractivity contribution in [2.24, 2.45) is 7.05 Å². The Morgan fingerprint density at radius 2 is 1.91 bits per heavy atom. The summed E-state index contributed by atoms with van der Waals surface area (Å²) in [6.07, 6.45) is 2.04. The van der Waals surface area contributed by atoms with Gasteiger partial charge in [-0.15, -0.1) is 0 Å². The van der Waals surface area contributed by atoms with Crippen molar-refractivity contribution in [3.63, 3.8) is 0 Å². The Kier molecular flexibility index (Phi) is 4.24. The maximum atomic E-state index is 13.2. The second-order valence-corrected chi connectivity index (χ2v) is 5.69.